The van der Waals surface area contributed by atoms with Gasteiger partial charge in [0.25, 0.3) is 0 Å². The summed E-state index contributed by atoms with van der Waals surface area (Å²) in [6.07, 6.45) is 2.01. The molecule has 0 aromatic carbocycles. The highest BCUT2D eigenvalue weighted by atomic mass is 16.5. The molecule has 0 saturated carbocycles. The Morgan fingerprint density at radius 2 is 2.19 bits per heavy atom. The molecule has 1 saturated heterocycles. The number of pyridine rings is 1. The largest absolute Gasteiger partial charge is 0.477 e. The quantitative estimate of drug-likeness (QED) is 0.875. The van der Waals surface area contributed by atoms with Crippen LogP contribution in [0.25, 0.3) is 0 Å². The zero-order valence-electron chi connectivity index (χ0n) is 13.7. The highest BCUT2D eigenvalue weighted by Gasteiger charge is 2.17. The minimum atomic E-state index is 0.109. The van der Waals surface area contributed by atoms with Crippen molar-refractivity contribution in [1.29, 1.82) is 0 Å². The highest BCUT2D eigenvalue weighted by Crippen LogP contribution is 2.18. The highest BCUT2D eigenvalue weighted by molar-refractivity contribution is 5.25. The Morgan fingerprint density at radius 1 is 1.38 bits per heavy atom. The molecule has 1 fully saturated rings. The molecule has 118 valence electrons. The lowest BCUT2D eigenvalue weighted by atomic mass is 10.1. The second-order valence-electron chi connectivity index (χ2n) is 6.80. The smallest absolute Gasteiger partial charge is 0.213 e. The number of ether oxygens (including phenoxy) is 2. The van der Waals surface area contributed by atoms with Gasteiger partial charge in [-0.3, -0.25) is 0 Å². The van der Waals surface area contributed by atoms with Crippen molar-refractivity contribution in [2.75, 3.05) is 19.8 Å². The zero-order valence-corrected chi connectivity index (χ0v) is 13.7. The van der Waals surface area contributed by atoms with E-state index in [1.54, 1.807) is 0 Å². The van der Waals surface area contributed by atoms with Crippen molar-refractivity contribution < 1.29 is 9.47 Å². The van der Waals surface area contributed by atoms with Crippen molar-refractivity contribution >= 4 is 0 Å². The molecule has 21 heavy (non-hydrogen) atoms. The molecule has 1 atom stereocenters. The maximum Gasteiger partial charge on any atom is 0.213 e. The van der Waals surface area contributed by atoms with E-state index in [1.807, 2.05) is 6.07 Å². The van der Waals surface area contributed by atoms with E-state index in [0.29, 0.717) is 12.5 Å². The first kappa shape index (κ1) is 16.2. The van der Waals surface area contributed by atoms with Gasteiger partial charge in [0.2, 0.25) is 5.88 Å². The van der Waals surface area contributed by atoms with Gasteiger partial charge in [-0.2, -0.15) is 0 Å². The Balaban J connectivity index is 1.98. The minimum absolute atomic E-state index is 0.109. The lowest BCUT2D eigenvalue weighted by molar-refractivity contribution is 0.165. The van der Waals surface area contributed by atoms with E-state index in [4.69, 9.17) is 9.47 Å². The van der Waals surface area contributed by atoms with Crippen LogP contribution in [0.15, 0.2) is 12.1 Å². The SMILES string of the molecule is CCc1cc(CNC(C)(C)C)cc(OCC2CCOC2)n1. The fraction of sp³-hybridized carbons (Fsp3) is 0.706. The zero-order chi connectivity index (χ0) is 15.3. The Kier molecular flexibility index (Phi) is 5.59. The molecular formula is C17H28N2O2. The monoisotopic (exact) mass is 292 g/mol. The number of nitrogens with one attached hydrogen (secondary N) is 1. The molecule has 0 spiro atoms. The molecular weight excluding hydrogens is 264 g/mol. The van der Waals surface area contributed by atoms with Gasteiger partial charge in [-0.25, -0.2) is 4.98 Å². The maximum atomic E-state index is 5.89. The summed E-state index contributed by atoms with van der Waals surface area (Å²) in [6.45, 7) is 11.8. The normalized spacial score (nSPS) is 19.0. The average Bonchev–Trinajstić information content (AvgIpc) is 2.95. The minimum Gasteiger partial charge on any atom is -0.477 e. The summed E-state index contributed by atoms with van der Waals surface area (Å²) in [7, 11) is 0. The molecule has 4 nitrogen and oxygen atoms in total. The van der Waals surface area contributed by atoms with E-state index >= 15 is 0 Å². The van der Waals surface area contributed by atoms with Crippen molar-refractivity contribution in [2.24, 2.45) is 5.92 Å². The summed E-state index contributed by atoms with van der Waals surface area (Å²) >= 11 is 0. The summed E-state index contributed by atoms with van der Waals surface area (Å²) in [6, 6.07) is 4.21. The Bertz CT molecular complexity index is 449. The Morgan fingerprint density at radius 3 is 2.81 bits per heavy atom. The van der Waals surface area contributed by atoms with Gasteiger partial charge in [0.15, 0.2) is 0 Å². The first-order valence-corrected chi connectivity index (χ1v) is 7.91. The van der Waals surface area contributed by atoms with E-state index in [-0.39, 0.29) is 5.54 Å². The molecule has 1 aromatic rings. The standard InChI is InChI=1S/C17H28N2O2/c1-5-15-8-14(10-18-17(2,3)4)9-16(19-15)21-12-13-6-7-20-11-13/h8-9,13,18H,5-7,10-12H2,1-4H3. The number of aryl methyl sites for hydroxylation is 1. The first-order valence-electron chi connectivity index (χ1n) is 7.91. The van der Waals surface area contributed by atoms with Crippen molar-refractivity contribution in [2.45, 2.75) is 52.6 Å². The van der Waals surface area contributed by atoms with Crippen LogP contribution in [-0.4, -0.2) is 30.3 Å². The van der Waals surface area contributed by atoms with Crippen LogP contribution in [0.2, 0.25) is 0 Å². The van der Waals surface area contributed by atoms with Crippen LogP contribution in [0.3, 0.4) is 0 Å². The van der Waals surface area contributed by atoms with Crippen LogP contribution in [0, 0.1) is 5.92 Å². The summed E-state index contributed by atoms with van der Waals surface area (Å²) in [4.78, 5) is 4.57. The van der Waals surface area contributed by atoms with Crippen LogP contribution in [0.5, 0.6) is 5.88 Å². The molecule has 0 amide bonds. The lowest BCUT2D eigenvalue weighted by Gasteiger charge is -2.21. The van der Waals surface area contributed by atoms with Crippen LogP contribution < -0.4 is 10.1 Å². The van der Waals surface area contributed by atoms with Crippen LogP contribution in [-0.2, 0) is 17.7 Å². The molecule has 4 heteroatoms. The Labute approximate surface area is 128 Å². The van der Waals surface area contributed by atoms with Gasteiger partial charge < -0.3 is 14.8 Å². The lowest BCUT2D eigenvalue weighted by Crippen LogP contribution is -2.35. The summed E-state index contributed by atoms with van der Waals surface area (Å²) in [5, 5.41) is 3.51. The van der Waals surface area contributed by atoms with Gasteiger partial charge >= 0.3 is 0 Å². The van der Waals surface area contributed by atoms with Gasteiger partial charge in [-0.15, -0.1) is 0 Å². The van der Waals surface area contributed by atoms with E-state index in [1.165, 1.54) is 5.56 Å². The van der Waals surface area contributed by atoms with Crippen molar-refractivity contribution in [3.8, 4) is 5.88 Å². The van der Waals surface area contributed by atoms with Gasteiger partial charge in [0.05, 0.1) is 13.2 Å². The third-order valence-corrected chi connectivity index (χ3v) is 3.59. The first-order chi connectivity index (χ1) is 9.96. The predicted molar refractivity (Wildman–Crippen MR) is 84.6 cm³/mol. The molecule has 2 rings (SSSR count). The molecule has 1 aliphatic rings. The molecule has 1 unspecified atom stereocenters. The van der Waals surface area contributed by atoms with Crippen LogP contribution in [0.1, 0.15) is 45.4 Å². The summed E-state index contributed by atoms with van der Waals surface area (Å²) in [5.74, 6) is 1.25. The topological polar surface area (TPSA) is 43.4 Å². The fourth-order valence-corrected chi connectivity index (χ4v) is 2.26. The fourth-order valence-electron chi connectivity index (χ4n) is 2.26. The predicted octanol–water partition coefficient (Wildman–Crippen LogP) is 2.95. The summed E-state index contributed by atoms with van der Waals surface area (Å²) in [5.41, 5.74) is 2.42. The molecule has 0 bridgehead atoms. The third kappa shape index (κ3) is 5.64. The van der Waals surface area contributed by atoms with Crippen molar-refractivity contribution in [3.05, 3.63) is 23.4 Å². The number of aromatic nitrogens is 1. The second-order valence-corrected chi connectivity index (χ2v) is 6.80. The molecule has 1 N–H and O–H groups in total. The van der Waals surface area contributed by atoms with Gasteiger partial charge in [0.1, 0.15) is 0 Å². The number of hydrogen-bond donors (Lipinski definition) is 1. The van der Waals surface area contributed by atoms with Crippen LogP contribution in [0.4, 0.5) is 0 Å². The number of rotatable bonds is 6. The number of nitrogens with zero attached hydrogens (tertiary/aromatic N) is 1. The second kappa shape index (κ2) is 7.23. The van der Waals surface area contributed by atoms with E-state index in [0.717, 1.165) is 44.2 Å². The third-order valence-electron chi connectivity index (χ3n) is 3.59. The van der Waals surface area contributed by atoms with Crippen LogP contribution >= 0.6 is 0 Å². The van der Waals surface area contributed by atoms with E-state index in [9.17, 15) is 0 Å². The molecule has 0 radical (unpaired) electrons. The van der Waals surface area contributed by atoms with Gasteiger partial charge in [0, 0.05) is 36.4 Å². The van der Waals surface area contributed by atoms with Crippen molar-refractivity contribution in [1.82, 2.24) is 10.3 Å². The Hall–Kier alpha value is -1.13. The van der Waals surface area contributed by atoms with Gasteiger partial charge in [-0.1, -0.05) is 6.92 Å². The number of hydrogen-bond acceptors (Lipinski definition) is 4. The van der Waals surface area contributed by atoms with E-state index in [2.05, 4.69) is 44.1 Å². The molecule has 0 aliphatic carbocycles. The maximum absolute atomic E-state index is 5.89. The van der Waals surface area contributed by atoms with E-state index < -0.39 is 0 Å². The molecule has 1 aliphatic heterocycles. The molecule has 2 heterocycles. The average molecular weight is 292 g/mol. The van der Waals surface area contributed by atoms with Gasteiger partial charge in [-0.05, 0) is 45.2 Å². The molecule has 1 aromatic heterocycles. The van der Waals surface area contributed by atoms with Crippen molar-refractivity contribution in [3.63, 3.8) is 0 Å². The summed E-state index contributed by atoms with van der Waals surface area (Å²) < 4.78 is 11.3.